The molecule has 0 aromatic heterocycles. The van der Waals surface area contributed by atoms with Crippen molar-refractivity contribution in [2.24, 2.45) is 5.73 Å². The van der Waals surface area contributed by atoms with Crippen LogP contribution >= 0.6 is 0 Å². The van der Waals surface area contributed by atoms with E-state index in [4.69, 9.17) is 5.73 Å². The first-order chi connectivity index (χ1) is 5.63. The highest BCUT2D eigenvalue weighted by molar-refractivity contribution is 5.89. The molecule has 0 saturated carbocycles. The van der Waals surface area contributed by atoms with Gasteiger partial charge in [0.15, 0.2) is 0 Å². The molecule has 0 heterocycles. The minimum Gasteiger partial charge on any atom is -0.367 e. The highest BCUT2D eigenvalue weighted by Gasteiger charge is 2.31. The molecule has 2 amide bonds. The molecule has 0 spiro atoms. The van der Waals surface area contributed by atoms with Crippen LogP contribution in [0.25, 0.3) is 0 Å². The number of hydrogen-bond acceptors (Lipinski definition) is 2. The molecule has 0 aromatic rings. The Bertz CT molecular complexity index is 201. The Kier molecular flexibility index (Phi) is 3.76. The molecule has 0 fully saturated rings. The van der Waals surface area contributed by atoms with Crippen LogP contribution < -0.4 is 11.1 Å². The summed E-state index contributed by atoms with van der Waals surface area (Å²) >= 11 is 0. The van der Waals surface area contributed by atoms with Crippen LogP contribution in [0.3, 0.4) is 0 Å². The highest BCUT2D eigenvalue weighted by Crippen LogP contribution is 2.10. The molecular weight excluding hydrogens is 156 g/mol. The van der Waals surface area contributed by atoms with Crippen molar-refractivity contribution >= 4 is 12.3 Å². The summed E-state index contributed by atoms with van der Waals surface area (Å²) in [5.41, 5.74) is 3.81. The number of amides is 2. The molecule has 0 aliphatic carbocycles. The maximum absolute atomic E-state index is 10.9. The molecule has 1 radical (unpaired) electrons. The lowest BCUT2D eigenvalue weighted by atomic mass is 9.95. The van der Waals surface area contributed by atoms with Gasteiger partial charge in [0.2, 0.25) is 5.91 Å². The average molecular weight is 167 g/mol. The summed E-state index contributed by atoms with van der Waals surface area (Å²) in [6.45, 7) is 6.83. The standard InChI is InChI=1S/C8H11N2O2/c1-3-5-8(4-2,7(9)12)10-6-11/h3-4H,1-2,5H2,(H2,9,12)(H,10,11). The lowest BCUT2D eigenvalue weighted by Crippen LogP contribution is -2.53. The zero-order chi connectivity index (χ0) is 9.61. The van der Waals surface area contributed by atoms with Crippen LogP contribution in [0.4, 0.5) is 0 Å². The van der Waals surface area contributed by atoms with Crippen molar-refractivity contribution in [1.29, 1.82) is 0 Å². The van der Waals surface area contributed by atoms with Crippen LogP contribution in [-0.2, 0) is 9.59 Å². The number of rotatable bonds is 6. The monoisotopic (exact) mass is 167 g/mol. The maximum Gasteiger partial charge on any atom is 0.310 e. The fraction of sp³-hybridized carbons (Fsp3) is 0.250. The first-order valence-corrected chi connectivity index (χ1v) is 3.31. The summed E-state index contributed by atoms with van der Waals surface area (Å²) in [5.74, 6) is -0.680. The smallest absolute Gasteiger partial charge is 0.310 e. The molecule has 0 bridgehead atoms. The molecule has 0 aliphatic heterocycles. The van der Waals surface area contributed by atoms with Gasteiger partial charge in [-0.2, -0.15) is 0 Å². The van der Waals surface area contributed by atoms with Gasteiger partial charge in [0.05, 0.1) is 0 Å². The molecule has 3 N–H and O–H groups in total. The number of carbonyl (C=O) groups is 1. The summed E-state index contributed by atoms with van der Waals surface area (Å²) in [7, 11) is 0. The topological polar surface area (TPSA) is 72.2 Å². The lowest BCUT2D eigenvalue weighted by molar-refractivity contribution is -0.122. The van der Waals surface area contributed by atoms with Gasteiger partial charge >= 0.3 is 6.41 Å². The van der Waals surface area contributed by atoms with Crippen LogP contribution in [0, 0.1) is 0 Å². The van der Waals surface area contributed by atoms with E-state index in [2.05, 4.69) is 18.5 Å². The molecule has 65 valence electrons. The molecule has 4 nitrogen and oxygen atoms in total. The van der Waals surface area contributed by atoms with Crippen molar-refractivity contribution in [1.82, 2.24) is 5.32 Å². The van der Waals surface area contributed by atoms with Crippen molar-refractivity contribution in [3.05, 3.63) is 25.3 Å². The zero-order valence-corrected chi connectivity index (χ0v) is 6.67. The summed E-state index contributed by atoms with van der Waals surface area (Å²) in [4.78, 5) is 20.9. The molecule has 0 saturated heterocycles. The number of primary amides is 1. The Morgan fingerprint density at radius 2 is 2.25 bits per heavy atom. The van der Waals surface area contributed by atoms with Crippen LogP contribution in [0.1, 0.15) is 6.42 Å². The minimum atomic E-state index is -1.25. The molecule has 4 heteroatoms. The summed E-state index contributed by atoms with van der Waals surface area (Å²) < 4.78 is 0. The fourth-order valence-electron chi connectivity index (χ4n) is 0.767. The number of nitrogens with one attached hydrogen (secondary N) is 1. The van der Waals surface area contributed by atoms with E-state index < -0.39 is 11.4 Å². The quantitative estimate of drug-likeness (QED) is 0.418. The molecule has 0 aromatic carbocycles. The normalized spacial score (nSPS) is 14.0. The average Bonchev–Trinajstić information content (AvgIpc) is 2.03. The predicted molar refractivity (Wildman–Crippen MR) is 45.8 cm³/mol. The van der Waals surface area contributed by atoms with Gasteiger partial charge in [-0.05, 0) is 0 Å². The molecule has 0 aliphatic rings. The van der Waals surface area contributed by atoms with Gasteiger partial charge in [0, 0.05) is 6.42 Å². The second kappa shape index (κ2) is 4.33. The maximum atomic E-state index is 10.9. The molecule has 0 rings (SSSR count). The van der Waals surface area contributed by atoms with Crippen molar-refractivity contribution in [3.8, 4) is 0 Å². The third-order valence-corrected chi connectivity index (χ3v) is 1.53. The van der Waals surface area contributed by atoms with Crippen LogP contribution in [-0.4, -0.2) is 17.9 Å². The zero-order valence-electron chi connectivity index (χ0n) is 6.67. The van der Waals surface area contributed by atoms with E-state index >= 15 is 0 Å². The van der Waals surface area contributed by atoms with Gasteiger partial charge in [-0.3, -0.25) is 9.59 Å². The molecule has 1 atom stereocenters. The minimum absolute atomic E-state index is 0.209. The summed E-state index contributed by atoms with van der Waals surface area (Å²) in [6.07, 6.45) is 4.35. The third-order valence-electron chi connectivity index (χ3n) is 1.53. The second-order valence-corrected chi connectivity index (χ2v) is 2.26. The third kappa shape index (κ3) is 1.95. The van der Waals surface area contributed by atoms with E-state index in [1.165, 1.54) is 18.6 Å². The fourth-order valence-corrected chi connectivity index (χ4v) is 0.767. The predicted octanol–water partition coefficient (Wildman–Crippen LogP) is -0.371. The van der Waals surface area contributed by atoms with Gasteiger partial charge < -0.3 is 11.1 Å². The highest BCUT2D eigenvalue weighted by atomic mass is 16.2. The Morgan fingerprint density at radius 3 is 2.50 bits per heavy atom. The number of carbonyl (C=O) groups excluding carboxylic acids is 2. The van der Waals surface area contributed by atoms with Crippen molar-refractivity contribution < 1.29 is 9.59 Å². The number of nitrogens with two attached hydrogens (primary N) is 1. The Hall–Kier alpha value is -1.58. The lowest BCUT2D eigenvalue weighted by Gasteiger charge is -2.23. The summed E-state index contributed by atoms with van der Waals surface area (Å²) in [5, 5.41) is 2.18. The first-order valence-electron chi connectivity index (χ1n) is 3.31. The van der Waals surface area contributed by atoms with E-state index in [1.807, 2.05) is 0 Å². The largest absolute Gasteiger partial charge is 0.367 e. The number of hydrogen-bond donors (Lipinski definition) is 2. The second-order valence-electron chi connectivity index (χ2n) is 2.26. The van der Waals surface area contributed by atoms with Gasteiger partial charge in [-0.25, -0.2) is 0 Å². The van der Waals surface area contributed by atoms with Crippen LogP contribution in [0.5, 0.6) is 0 Å². The van der Waals surface area contributed by atoms with Gasteiger partial charge in [0.25, 0.3) is 0 Å². The molecule has 12 heavy (non-hydrogen) atoms. The Morgan fingerprint density at radius 1 is 1.67 bits per heavy atom. The van der Waals surface area contributed by atoms with Crippen LogP contribution in [0.15, 0.2) is 25.3 Å². The van der Waals surface area contributed by atoms with Gasteiger partial charge in [-0.1, -0.05) is 12.2 Å². The van der Waals surface area contributed by atoms with Gasteiger partial charge in [0.1, 0.15) is 5.54 Å². The van der Waals surface area contributed by atoms with E-state index in [0.29, 0.717) is 0 Å². The van der Waals surface area contributed by atoms with Crippen LogP contribution in [0.2, 0.25) is 0 Å². The SMILES string of the molecule is C=CCC(C=C)(N[C]=O)C(N)=O. The molecule has 1 unspecified atom stereocenters. The van der Waals surface area contributed by atoms with Crippen molar-refractivity contribution in [2.45, 2.75) is 12.0 Å². The molecular formula is C8H11N2O2. The Balaban J connectivity index is 4.72. The van der Waals surface area contributed by atoms with E-state index in [-0.39, 0.29) is 6.42 Å². The first kappa shape index (κ1) is 10.4. The van der Waals surface area contributed by atoms with E-state index in [1.54, 1.807) is 0 Å². The van der Waals surface area contributed by atoms with E-state index in [9.17, 15) is 9.59 Å². The van der Waals surface area contributed by atoms with Gasteiger partial charge in [-0.15, -0.1) is 13.2 Å². The Labute approximate surface area is 71.1 Å². The van der Waals surface area contributed by atoms with Crippen molar-refractivity contribution in [2.75, 3.05) is 0 Å². The van der Waals surface area contributed by atoms with Crippen molar-refractivity contribution in [3.63, 3.8) is 0 Å². The van der Waals surface area contributed by atoms with E-state index in [0.717, 1.165) is 0 Å². The summed E-state index contributed by atoms with van der Waals surface area (Å²) in [6, 6.07) is 0.